The van der Waals surface area contributed by atoms with E-state index >= 15 is 0 Å². The zero-order chi connectivity index (χ0) is 28.4. The van der Waals surface area contributed by atoms with Gasteiger partial charge in [0.1, 0.15) is 17.3 Å². The van der Waals surface area contributed by atoms with Crippen LogP contribution in [0.4, 0.5) is 22.0 Å². The van der Waals surface area contributed by atoms with Crippen molar-refractivity contribution < 1.29 is 19.3 Å². The minimum atomic E-state index is -0.512. The molecule has 3 aromatic rings. The van der Waals surface area contributed by atoms with Crippen molar-refractivity contribution in [3.63, 3.8) is 0 Å². The lowest BCUT2D eigenvalue weighted by molar-refractivity contribution is 0.238. The van der Waals surface area contributed by atoms with Crippen molar-refractivity contribution in [1.82, 2.24) is 9.79 Å². The number of aromatic nitrogens is 1. The molecule has 1 fully saturated rings. The number of nitrogens with one attached hydrogen (secondary N) is 1. The number of piperidine rings is 1. The number of para-hydroxylation sites is 1. The minimum absolute atomic E-state index is 0.0243. The quantitative estimate of drug-likeness (QED) is 0.364. The van der Waals surface area contributed by atoms with Crippen LogP contribution in [0.2, 0.25) is 11.8 Å². The van der Waals surface area contributed by atoms with Crippen LogP contribution in [0.3, 0.4) is 0 Å². The molecule has 2 aromatic carbocycles. The van der Waals surface area contributed by atoms with Gasteiger partial charge in [0.25, 0.3) is 0 Å². The largest absolute Gasteiger partial charge is 0.497 e. The van der Waals surface area contributed by atoms with Crippen LogP contribution >= 0.6 is 11.6 Å². The third-order valence-electron chi connectivity index (χ3n) is 7.79. The fourth-order valence-corrected chi connectivity index (χ4v) is 5.90. The maximum atomic E-state index is 14.2. The Morgan fingerprint density at radius 3 is 2.60 bits per heavy atom. The summed E-state index contributed by atoms with van der Waals surface area (Å²) < 4.78 is 10.9. The molecule has 11 heteroatoms. The molecule has 2 amide bonds. The molecule has 40 heavy (non-hydrogen) atoms. The number of rotatable bonds is 8. The molecular formula is C29H35BClN5O4. The first kappa shape index (κ1) is 28.1. The van der Waals surface area contributed by atoms with Crippen LogP contribution in [0.15, 0.2) is 48.7 Å². The van der Waals surface area contributed by atoms with Crippen LogP contribution in [0.1, 0.15) is 29.5 Å². The number of hydrogen-bond donors (Lipinski definition) is 2. The van der Waals surface area contributed by atoms with E-state index in [2.05, 4.69) is 5.32 Å². The Labute approximate surface area is 240 Å². The van der Waals surface area contributed by atoms with Gasteiger partial charge >= 0.3 is 13.1 Å². The number of urea groups is 1. The summed E-state index contributed by atoms with van der Waals surface area (Å²) in [6.45, 7) is 6.03. The predicted molar refractivity (Wildman–Crippen MR) is 160 cm³/mol. The van der Waals surface area contributed by atoms with Crippen molar-refractivity contribution in [2.45, 2.75) is 45.7 Å². The van der Waals surface area contributed by atoms with Gasteiger partial charge in [-0.2, -0.15) is 0 Å². The number of hydrogen-bond acceptors (Lipinski definition) is 7. The molecule has 0 bridgehead atoms. The Morgan fingerprint density at radius 2 is 1.93 bits per heavy atom. The lowest BCUT2D eigenvalue weighted by atomic mass is 9.82. The highest BCUT2D eigenvalue weighted by Gasteiger charge is 2.39. The summed E-state index contributed by atoms with van der Waals surface area (Å²) >= 11 is 6.62. The van der Waals surface area contributed by atoms with Gasteiger partial charge in [0, 0.05) is 42.0 Å². The molecule has 0 aliphatic carbocycles. The monoisotopic (exact) mass is 563 g/mol. The van der Waals surface area contributed by atoms with E-state index in [1.165, 1.54) is 0 Å². The lowest BCUT2D eigenvalue weighted by Gasteiger charge is -2.44. The second-order valence-corrected chi connectivity index (χ2v) is 10.7. The Hall–Kier alpha value is -3.47. The number of aryl methyl sites for hydroxylation is 1. The van der Waals surface area contributed by atoms with E-state index in [1.807, 2.05) is 65.3 Å². The Bertz CT molecular complexity index is 1360. The number of halogens is 1. The second kappa shape index (κ2) is 12.0. The van der Waals surface area contributed by atoms with Gasteiger partial charge in [-0.25, -0.2) is 9.78 Å². The molecule has 2 aliphatic heterocycles. The summed E-state index contributed by atoms with van der Waals surface area (Å²) in [5, 5.41) is 14.0. The fraction of sp³-hybridized carbons (Fsp3) is 0.379. The van der Waals surface area contributed by atoms with Crippen molar-refractivity contribution >= 4 is 41.9 Å². The number of nitrogens with zero attached hydrogens (tertiary/aromatic N) is 4. The number of pyridine rings is 1. The Kier molecular flexibility index (Phi) is 8.39. The van der Waals surface area contributed by atoms with Crippen LogP contribution in [-0.4, -0.2) is 61.3 Å². The molecule has 1 aromatic heterocycles. The number of methoxy groups -OCH3 is 2. The van der Waals surface area contributed by atoms with Crippen LogP contribution in [0.25, 0.3) is 0 Å². The standard InChI is InChI=1S/C29H35BClN5O4/c1-19-6-5-7-24(31)28(19)35-18-21-17-33-27(32-16-20-8-9-23(39-3)14-26(20)40-4)15-25(21)36(29(35)37)22-10-12-34(13-11-22)30(2)38/h5-9,14-15,17,22,38H,10-13,16,18H2,1-4H3,(H,32,33). The van der Waals surface area contributed by atoms with Gasteiger partial charge in [-0.15, -0.1) is 0 Å². The number of ether oxygens (including phenoxy) is 2. The minimum Gasteiger partial charge on any atom is -0.497 e. The third kappa shape index (κ3) is 5.57. The van der Waals surface area contributed by atoms with Crippen molar-refractivity contribution in [2.24, 2.45) is 0 Å². The number of amides is 2. The molecule has 0 radical (unpaired) electrons. The number of carbonyl (C=O) groups excluding carboxylic acids is 1. The molecule has 1 saturated heterocycles. The summed E-state index contributed by atoms with van der Waals surface area (Å²) in [5.74, 6) is 2.11. The SMILES string of the molecule is COc1ccc(CNc2cc3c(cn2)CN(c2c(C)cccc2Cl)C(=O)N3C2CCN(B(C)O)CC2)c(OC)c1. The van der Waals surface area contributed by atoms with E-state index < -0.39 is 7.05 Å². The van der Waals surface area contributed by atoms with E-state index in [0.717, 1.165) is 52.4 Å². The lowest BCUT2D eigenvalue weighted by Crippen LogP contribution is -2.56. The number of fused-ring (bicyclic) bond motifs is 1. The van der Waals surface area contributed by atoms with Gasteiger partial charge in [-0.1, -0.05) is 23.7 Å². The van der Waals surface area contributed by atoms with Gasteiger partial charge in [-0.3, -0.25) is 9.80 Å². The van der Waals surface area contributed by atoms with E-state index in [-0.39, 0.29) is 12.1 Å². The summed E-state index contributed by atoms with van der Waals surface area (Å²) in [6, 6.07) is 13.2. The molecular weight excluding hydrogens is 529 g/mol. The topological polar surface area (TPSA) is 90.4 Å². The van der Waals surface area contributed by atoms with Crippen molar-refractivity contribution in [2.75, 3.05) is 42.4 Å². The van der Waals surface area contributed by atoms with Gasteiger partial charge in [-0.05, 0) is 63.4 Å². The summed E-state index contributed by atoms with van der Waals surface area (Å²) in [6.07, 6.45) is 3.34. The van der Waals surface area contributed by atoms with Crippen LogP contribution < -0.4 is 24.6 Å². The smallest absolute Gasteiger partial charge is 0.376 e. The van der Waals surface area contributed by atoms with E-state index in [1.54, 1.807) is 25.9 Å². The van der Waals surface area contributed by atoms with Crippen LogP contribution in [-0.2, 0) is 13.1 Å². The van der Waals surface area contributed by atoms with Crippen molar-refractivity contribution in [3.8, 4) is 11.5 Å². The van der Waals surface area contributed by atoms with Crippen molar-refractivity contribution in [3.05, 3.63) is 70.4 Å². The summed E-state index contributed by atoms with van der Waals surface area (Å²) in [5.41, 5.74) is 4.42. The number of anilines is 3. The predicted octanol–water partition coefficient (Wildman–Crippen LogP) is 5.19. The molecule has 0 spiro atoms. The number of carbonyl (C=O) groups is 1. The molecule has 210 valence electrons. The van der Waals surface area contributed by atoms with Crippen molar-refractivity contribution in [1.29, 1.82) is 0 Å². The fourth-order valence-electron chi connectivity index (χ4n) is 5.58. The Balaban J connectivity index is 1.47. The van der Waals surface area contributed by atoms with Gasteiger partial charge in [0.2, 0.25) is 0 Å². The molecule has 2 N–H and O–H groups in total. The first-order valence-corrected chi connectivity index (χ1v) is 13.9. The third-order valence-corrected chi connectivity index (χ3v) is 8.10. The maximum absolute atomic E-state index is 14.2. The molecule has 0 saturated carbocycles. The first-order chi connectivity index (χ1) is 19.3. The molecule has 9 nitrogen and oxygen atoms in total. The van der Waals surface area contributed by atoms with Crippen LogP contribution in [0, 0.1) is 6.92 Å². The summed E-state index contributed by atoms with van der Waals surface area (Å²) in [7, 11) is 2.75. The first-order valence-electron chi connectivity index (χ1n) is 13.5. The molecule has 2 aliphatic rings. The van der Waals surface area contributed by atoms with E-state index in [0.29, 0.717) is 37.0 Å². The highest BCUT2D eigenvalue weighted by atomic mass is 35.5. The second-order valence-electron chi connectivity index (χ2n) is 10.3. The molecule has 0 unspecified atom stereocenters. The van der Waals surface area contributed by atoms with Crippen LogP contribution in [0.5, 0.6) is 11.5 Å². The average Bonchev–Trinajstić information content (AvgIpc) is 2.96. The maximum Gasteiger partial charge on any atom is 0.376 e. The normalized spacial score (nSPS) is 16.1. The van der Waals surface area contributed by atoms with E-state index in [4.69, 9.17) is 26.1 Å². The van der Waals surface area contributed by atoms with Gasteiger partial charge in [0.05, 0.1) is 37.2 Å². The highest BCUT2D eigenvalue weighted by Crippen LogP contribution is 2.40. The van der Waals surface area contributed by atoms with Gasteiger partial charge < -0.3 is 24.6 Å². The molecule has 5 rings (SSSR count). The number of benzene rings is 2. The average molecular weight is 564 g/mol. The zero-order valence-corrected chi connectivity index (χ0v) is 24.1. The molecule has 0 atom stereocenters. The molecule has 3 heterocycles. The van der Waals surface area contributed by atoms with Gasteiger partial charge in [0.15, 0.2) is 0 Å². The zero-order valence-electron chi connectivity index (χ0n) is 23.4. The van der Waals surface area contributed by atoms with E-state index in [9.17, 15) is 9.82 Å². The summed E-state index contributed by atoms with van der Waals surface area (Å²) in [4.78, 5) is 24.6. The Morgan fingerprint density at radius 1 is 1.15 bits per heavy atom. The highest BCUT2D eigenvalue weighted by molar-refractivity contribution is 6.45.